The molecule has 2 unspecified atom stereocenters. The maximum absolute atomic E-state index is 12.8. The third kappa shape index (κ3) is 3.59. The van der Waals surface area contributed by atoms with Crippen LogP contribution in [-0.2, 0) is 4.74 Å². The summed E-state index contributed by atoms with van der Waals surface area (Å²) < 4.78 is 13.7. The smallest absolute Gasteiger partial charge is 0.350 e. The van der Waals surface area contributed by atoms with Gasteiger partial charge in [-0.2, -0.15) is 4.68 Å². The van der Waals surface area contributed by atoms with Crippen LogP contribution in [0.5, 0.6) is 5.75 Å². The molecule has 1 saturated carbocycles. The summed E-state index contributed by atoms with van der Waals surface area (Å²) in [6.07, 6.45) is 1.76. The molecular formula is C22H33N5O4. The van der Waals surface area contributed by atoms with Crippen molar-refractivity contribution in [1.29, 1.82) is 0 Å². The van der Waals surface area contributed by atoms with E-state index in [1.165, 1.54) is 0 Å². The number of nitrogens with zero attached hydrogens (tertiary/aromatic N) is 3. The minimum Gasteiger partial charge on any atom is -0.492 e. The molecule has 1 aliphatic heterocycles. The molecule has 0 amide bonds. The van der Waals surface area contributed by atoms with Gasteiger partial charge in [0.2, 0.25) is 0 Å². The van der Waals surface area contributed by atoms with Crippen molar-refractivity contribution >= 4 is 16.6 Å². The third-order valence-corrected chi connectivity index (χ3v) is 6.72. The van der Waals surface area contributed by atoms with Gasteiger partial charge in [-0.05, 0) is 37.3 Å². The van der Waals surface area contributed by atoms with Gasteiger partial charge in [0.25, 0.3) is 5.56 Å². The van der Waals surface area contributed by atoms with E-state index in [0.29, 0.717) is 34.5 Å². The van der Waals surface area contributed by atoms with Crippen molar-refractivity contribution in [3.63, 3.8) is 0 Å². The molecule has 1 aromatic heterocycles. The maximum atomic E-state index is 12.8. The van der Waals surface area contributed by atoms with Crippen LogP contribution in [0.2, 0.25) is 0 Å². The molecule has 0 radical (unpaired) electrons. The average Bonchev–Trinajstić information content (AvgIpc) is 3.52. The van der Waals surface area contributed by atoms with Gasteiger partial charge in [-0.3, -0.25) is 9.36 Å². The van der Waals surface area contributed by atoms with Crippen molar-refractivity contribution in [3.05, 3.63) is 33.0 Å². The third-order valence-electron chi connectivity index (χ3n) is 6.72. The lowest BCUT2D eigenvalue weighted by molar-refractivity contribution is 0.0982. The number of hydrogen-bond donors (Lipinski definition) is 2. The van der Waals surface area contributed by atoms with E-state index in [2.05, 4.69) is 18.7 Å². The largest absolute Gasteiger partial charge is 0.492 e. The highest BCUT2D eigenvalue weighted by molar-refractivity contribution is 5.91. The van der Waals surface area contributed by atoms with Gasteiger partial charge in [0.15, 0.2) is 5.75 Å². The van der Waals surface area contributed by atoms with E-state index < -0.39 is 11.2 Å². The molecule has 0 bridgehead atoms. The quantitative estimate of drug-likeness (QED) is 0.629. The van der Waals surface area contributed by atoms with Crippen molar-refractivity contribution < 1.29 is 9.47 Å². The Labute approximate surface area is 181 Å². The van der Waals surface area contributed by atoms with Crippen molar-refractivity contribution in [2.24, 2.45) is 17.1 Å². The number of methoxy groups -OCH3 is 1. The zero-order chi connectivity index (χ0) is 22.5. The number of anilines is 1. The van der Waals surface area contributed by atoms with Crippen LogP contribution in [0.1, 0.15) is 39.7 Å². The summed E-state index contributed by atoms with van der Waals surface area (Å²) in [6, 6.07) is 3.59. The van der Waals surface area contributed by atoms with Crippen LogP contribution < -0.4 is 32.5 Å². The Morgan fingerprint density at radius 3 is 2.58 bits per heavy atom. The van der Waals surface area contributed by atoms with E-state index in [1.54, 1.807) is 17.7 Å². The summed E-state index contributed by atoms with van der Waals surface area (Å²) in [5.41, 5.74) is 6.82. The first-order valence-electron chi connectivity index (χ1n) is 10.9. The number of benzene rings is 1. The highest BCUT2D eigenvalue weighted by Gasteiger charge is 2.43. The van der Waals surface area contributed by atoms with E-state index in [4.69, 9.17) is 21.1 Å². The standard InChI is InChI=1S/C22H33N5O4/c1-5-31-11-16(23)15-10-25(12-22(15,2)3)17-9-8-14-18(19(17)30-4)26(13-6-7-13)21(29)27(24)20(14)28/h8-9,13,15-16H,5-7,10-12,23-24H2,1-4H3. The number of ether oxygens (including phenoxy) is 2. The summed E-state index contributed by atoms with van der Waals surface area (Å²) in [4.78, 5) is 27.8. The molecule has 1 saturated heterocycles. The van der Waals surface area contributed by atoms with Gasteiger partial charge in [-0.15, -0.1) is 0 Å². The van der Waals surface area contributed by atoms with Crippen LogP contribution in [0.3, 0.4) is 0 Å². The van der Waals surface area contributed by atoms with Crippen LogP contribution >= 0.6 is 0 Å². The van der Waals surface area contributed by atoms with E-state index in [-0.39, 0.29) is 23.4 Å². The lowest BCUT2D eigenvalue weighted by Crippen LogP contribution is -2.44. The predicted octanol–water partition coefficient (Wildman–Crippen LogP) is 1.05. The molecule has 2 aromatic rings. The molecule has 170 valence electrons. The van der Waals surface area contributed by atoms with Crippen LogP contribution in [0.25, 0.3) is 10.9 Å². The van der Waals surface area contributed by atoms with Crippen LogP contribution in [0.15, 0.2) is 21.7 Å². The Morgan fingerprint density at radius 2 is 1.97 bits per heavy atom. The van der Waals surface area contributed by atoms with Crippen LogP contribution in [-0.4, -0.2) is 48.7 Å². The first kappa shape index (κ1) is 21.7. The fraction of sp³-hybridized carbons (Fsp3) is 0.636. The first-order chi connectivity index (χ1) is 14.7. The fourth-order valence-electron chi connectivity index (χ4n) is 4.95. The summed E-state index contributed by atoms with van der Waals surface area (Å²) in [7, 11) is 1.58. The van der Waals surface area contributed by atoms with E-state index in [9.17, 15) is 9.59 Å². The lowest BCUT2D eigenvalue weighted by atomic mass is 9.78. The molecule has 2 aliphatic rings. The van der Waals surface area contributed by atoms with Gasteiger partial charge < -0.3 is 25.9 Å². The molecule has 4 N–H and O–H groups in total. The fourth-order valence-corrected chi connectivity index (χ4v) is 4.95. The second-order valence-electron chi connectivity index (χ2n) is 9.37. The summed E-state index contributed by atoms with van der Waals surface area (Å²) in [5, 5.41) is 0.387. The van der Waals surface area contributed by atoms with E-state index >= 15 is 0 Å². The Morgan fingerprint density at radius 1 is 1.26 bits per heavy atom. The molecule has 2 atom stereocenters. The van der Waals surface area contributed by atoms with E-state index in [1.807, 2.05) is 13.0 Å². The summed E-state index contributed by atoms with van der Waals surface area (Å²) in [5.74, 6) is 6.55. The molecule has 4 rings (SSSR count). The summed E-state index contributed by atoms with van der Waals surface area (Å²) in [6.45, 7) is 9.07. The van der Waals surface area contributed by atoms with Gasteiger partial charge in [0.05, 0.1) is 24.8 Å². The number of nitrogen functional groups attached to an aromatic ring is 1. The van der Waals surface area contributed by atoms with Gasteiger partial charge >= 0.3 is 5.69 Å². The number of rotatable bonds is 7. The molecule has 1 aliphatic carbocycles. The normalized spacial score (nSPS) is 21.6. The molecule has 31 heavy (non-hydrogen) atoms. The first-order valence-corrected chi connectivity index (χ1v) is 10.9. The molecular weight excluding hydrogens is 398 g/mol. The average molecular weight is 432 g/mol. The molecule has 2 fully saturated rings. The second kappa shape index (κ2) is 7.87. The summed E-state index contributed by atoms with van der Waals surface area (Å²) >= 11 is 0. The number of aromatic nitrogens is 2. The molecule has 9 heteroatoms. The van der Waals surface area contributed by atoms with Gasteiger partial charge in [-0.1, -0.05) is 13.8 Å². The molecule has 0 spiro atoms. The lowest BCUT2D eigenvalue weighted by Gasteiger charge is -2.30. The second-order valence-corrected chi connectivity index (χ2v) is 9.37. The SMILES string of the molecule is CCOCC(N)C1CN(c2ccc3c(=O)n(N)c(=O)n(C4CC4)c3c2OC)CC1(C)C. The number of nitrogens with two attached hydrogens (primary N) is 2. The van der Waals surface area contributed by atoms with Gasteiger partial charge in [-0.25, -0.2) is 4.79 Å². The molecule has 2 heterocycles. The monoisotopic (exact) mass is 431 g/mol. The minimum atomic E-state index is -0.514. The van der Waals surface area contributed by atoms with Crippen molar-refractivity contribution in [2.45, 2.75) is 45.7 Å². The highest BCUT2D eigenvalue weighted by atomic mass is 16.5. The van der Waals surface area contributed by atoms with Crippen molar-refractivity contribution in [2.75, 3.05) is 44.2 Å². The van der Waals surface area contributed by atoms with Gasteiger partial charge in [0, 0.05) is 37.7 Å². The van der Waals surface area contributed by atoms with Crippen molar-refractivity contribution in [3.8, 4) is 5.75 Å². The minimum absolute atomic E-state index is 0.0344. The number of fused-ring (bicyclic) bond motifs is 1. The topological polar surface area (TPSA) is 118 Å². The molecule has 1 aromatic carbocycles. The number of hydrogen-bond acceptors (Lipinski definition) is 7. The van der Waals surface area contributed by atoms with Gasteiger partial charge in [0.1, 0.15) is 5.52 Å². The maximum Gasteiger partial charge on any atom is 0.350 e. The zero-order valence-corrected chi connectivity index (χ0v) is 18.8. The Kier molecular flexibility index (Phi) is 5.51. The zero-order valence-electron chi connectivity index (χ0n) is 18.8. The van der Waals surface area contributed by atoms with Crippen LogP contribution in [0, 0.1) is 11.3 Å². The van der Waals surface area contributed by atoms with Crippen LogP contribution in [0.4, 0.5) is 5.69 Å². The highest BCUT2D eigenvalue weighted by Crippen LogP contribution is 2.45. The predicted molar refractivity (Wildman–Crippen MR) is 121 cm³/mol. The van der Waals surface area contributed by atoms with Crippen molar-refractivity contribution in [1.82, 2.24) is 9.24 Å². The van der Waals surface area contributed by atoms with E-state index in [0.717, 1.165) is 31.6 Å². The Hall–Kier alpha value is -2.52. The Balaban J connectivity index is 1.82. The Bertz CT molecular complexity index is 1100. The molecule has 9 nitrogen and oxygen atoms in total.